The highest BCUT2D eigenvalue weighted by Gasteiger charge is 2.52. The van der Waals surface area contributed by atoms with Crippen molar-refractivity contribution in [1.29, 1.82) is 0 Å². The minimum atomic E-state index is -0.687. The maximum absolute atomic E-state index is 13.3. The number of piperazine rings is 1. The molecule has 2 N–H and O–H groups in total. The van der Waals surface area contributed by atoms with Crippen molar-refractivity contribution >= 4 is 29.2 Å². The van der Waals surface area contributed by atoms with Gasteiger partial charge in [0.15, 0.2) is 0 Å². The van der Waals surface area contributed by atoms with Crippen LogP contribution in [0.5, 0.6) is 0 Å². The number of likely N-dealkylation sites (tertiary alicyclic amines) is 1. The van der Waals surface area contributed by atoms with Crippen LogP contribution in [0, 0.1) is 5.92 Å². The van der Waals surface area contributed by atoms with E-state index in [1.165, 1.54) is 18.4 Å². The molecule has 3 amide bonds. The highest BCUT2D eigenvalue weighted by atomic mass is 32.1. The number of urea groups is 1. The molecule has 154 valence electrons. The van der Waals surface area contributed by atoms with E-state index in [2.05, 4.69) is 10.6 Å². The third-order valence-electron chi connectivity index (χ3n) is 5.19. The molecule has 3 atom stereocenters. The minimum absolute atomic E-state index is 0.0800. The van der Waals surface area contributed by atoms with Crippen LogP contribution in [-0.4, -0.2) is 73.1 Å². The van der Waals surface area contributed by atoms with Crippen molar-refractivity contribution in [3.05, 3.63) is 22.4 Å². The molecule has 0 spiro atoms. The van der Waals surface area contributed by atoms with E-state index < -0.39 is 24.0 Å². The second kappa shape index (κ2) is 8.91. The van der Waals surface area contributed by atoms with Crippen LogP contribution in [0.4, 0.5) is 4.79 Å². The Morgan fingerprint density at radius 3 is 2.57 bits per heavy atom. The van der Waals surface area contributed by atoms with E-state index >= 15 is 0 Å². The lowest BCUT2D eigenvalue weighted by atomic mass is 9.97. The molecule has 0 bridgehead atoms. The van der Waals surface area contributed by atoms with Crippen LogP contribution in [0.2, 0.25) is 0 Å². The Hall–Kier alpha value is -2.13. The summed E-state index contributed by atoms with van der Waals surface area (Å²) in [6.45, 7) is 6.40. The Morgan fingerprint density at radius 1 is 1.29 bits per heavy atom. The van der Waals surface area contributed by atoms with Gasteiger partial charge in [-0.15, -0.1) is 11.3 Å². The number of hydrogen-bond donors (Lipinski definition) is 2. The third kappa shape index (κ3) is 4.15. The minimum Gasteiger partial charge on any atom is -0.469 e. The van der Waals surface area contributed by atoms with Gasteiger partial charge in [-0.25, -0.2) is 4.79 Å². The summed E-state index contributed by atoms with van der Waals surface area (Å²) in [5.41, 5.74) is 0. The molecule has 2 fully saturated rings. The molecule has 3 unspecified atom stereocenters. The number of carbonyl (C=O) groups excluding carboxylic acids is 3. The number of esters is 1. The van der Waals surface area contributed by atoms with Gasteiger partial charge in [0.05, 0.1) is 19.1 Å². The Labute approximate surface area is 169 Å². The molecule has 2 aliphatic rings. The summed E-state index contributed by atoms with van der Waals surface area (Å²) in [5, 5.41) is 8.04. The Balaban J connectivity index is 1.97. The van der Waals surface area contributed by atoms with Gasteiger partial charge in [-0.1, -0.05) is 6.07 Å². The largest absolute Gasteiger partial charge is 0.469 e. The molecule has 0 aliphatic carbocycles. The van der Waals surface area contributed by atoms with Gasteiger partial charge in [0.25, 0.3) is 0 Å². The number of nitrogens with zero attached hydrogens (tertiary/aromatic N) is 2. The Bertz CT molecular complexity index is 703. The van der Waals surface area contributed by atoms with E-state index in [4.69, 9.17) is 4.74 Å². The fourth-order valence-electron chi connectivity index (χ4n) is 3.95. The summed E-state index contributed by atoms with van der Waals surface area (Å²) in [6.07, 6.45) is 0.267. The van der Waals surface area contributed by atoms with Crippen LogP contribution >= 0.6 is 11.3 Å². The van der Waals surface area contributed by atoms with Crippen LogP contribution in [0.1, 0.15) is 31.2 Å². The van der Waals surface area contributed by atoms with Crippen molar-refractivity contribution in [2.24, 2.45) is 5.92 Å². The number of carbonyl (C=O) groups is 3. The summed E-state index contributed by atoms with van der Waals surface area (Å²) in [7, 11) is 1.35. The lowest BCUT2D eigenvalue weighted by molar-refractivity contribution is -0.146. The number of amides is 3. The molecule has 2 saturated heterocycles. The molecule has 3 heterocycles. The van der Waals surface area contributed by atoms with E-state index in [-0.39, 0.29) is 24.4 Å². The summed E-state index contributed by atoms with van der Waals surface area (Å²) in [4.78, 5) is 43.2. The Morgan fingerprint density at radius 2 is 2.00 bits per heavy atom. The highest BCUT2D eigenvalue weighted by Crippen LogP contribution is 2.44. The first-order valence-corrected chi connectivity index (χ1v) is 10.5. The van der Waals surface area contributed by atoms with E-state index in [1.807, 2.05) is 31.4 Å². The zero-order chi connectivity index (χ0) is 20.3. The number of nitrogens with one attached hydrogen (secondary N) is 2. The van der Waals surface area contributed by atoms with E-state index in [1.54, 1.807) is 9.80 Å². The molecular formula is C19H28N4O4S. The molecule has 9 heteroatoms. The second-order valence-electron chi connectivity index (χ2n) is 7.43. The van der Waals surface area contributed by atoms with Gasteiger partial charge in [-0.3, -0.25) is 9.59 Å². The van der Waals surface area contributed by atoms with Crippen LogP contribution < -0.4 is 10.6 Å². The van der Waals surface area contributed by atoms with Gasteiger partial charge in [0.1, 0.15) is 6.04 Å². The van der Waals surface area contributed by atoms with Crippen LogP contribution in [-0.2, 0) is 14.3 Å². The topological polar surface area (TPSA) is 91.0 Å². The molecule has 2 aliphatic heterocycles. The third-order valence-corrected chi connectivity index (χ3v) is 6.14. The zero-order valence-electron chi connectivity index (χ0n) is 16.5. The normalized spacial score (nSPS) is 25.1. The van der Waals surface area contributed by atoms with Crippen molar-refractivity contribution in [2.75, 3.05) is 33.3 Å². The van der Waals surface area contributed by atoms with Crippen molar-refractivity contribution in [3.63, 3.8) is 0 Å². The monoisotopic (exact) mass is 408 g/mol. The quantitative estimate of drug-likeness (QED) is 0.731. The van der Waals surface area contributed by atoms with E-state index in [0.29, 0.717) is 13.1 Å². The number of rotatable bonds is 4. The van der Waals surface area contributed by atoms with Crippen LogP contribution in [0.25, 0.3) is 0 Å². The zero-order valence-corrected chi connectivity index (χ0v) is 17.3. The summed E-state index contributed by atoms with van der Waals surface area (Å²) in [6, 6.07) is 2.18. The number of thiophene rings is 1. The van der Waals surface area contributed by atoms with E-state index in [0.717, 1.165) is 18.0 Å². The lowest BCUT2D eigenvalue weighted by Gasteiger charge is -2.35. The van der Waals surface area contributed by atoms with Gasteiger partial charge >= 0.3 is 12.0 Å². The first kappa shape index (κ1) is 20.6. The van der Waals surface area contributed by atoms with Gasteiger partial charge in [0, 0.05) is 37.1 Å². The second-order valence-corrected chi connectivity index (χ2v) is 8.41. The maximum atomic E-state index is 13.3. The fourth-order valence-corrected chi connectivity index (χ4v) is 4.84. The molecule has 0 aromatic carbocycles. The van der Waals surface area contributed by atoms with E-state index in [9.17, 15) is 14.4 Å². The molecular weight excluding hydrogens is 380 g/mol. The predicted molar refractivity (Wildman–Crippen MR) is 106 cm³/mol. The molecule has 28 heavy (non-hydrogen) atoms. The summed E-state index contributed by atoms with van der Waals surface area (Å²) in [5.74, 6) is -1.07. The van der Waals surface area contributed by atoms with Crippen molar-refractivity contribution in [2.45, 2.75) is 38.4 Å². The summed E-state index contributed by atoms with van der Waals surface area (Å²) < 4.78 is 5.02. The standard InChI is InChI=1S/C19H28N4O4S/c1-12(2)21-19(26)23-14(17(24)22-8-6-20-7-9-22)11-13(18(25)27-3)16(23)15-5-4-10-28-15/h4-5,10,12-14,16,20H,6-9,11H2,1-3H3,(H,21,26). The molecule has 0 radical (unpaired) electrons. The highest BCUT2D eigenvalue weighted by molar-refractivity contribution is 7.10. The van der Waals surface area contributed by atoms with Crippen LogP contribution in [0.3, 0.4) is 0 Å². The van der Waals surface area contributed by atoms with Crippen molar-refractivity contribution in [1.82, 2.24) is 20.4 Å². The molecule has 8 nitrogen and oxygen atoms in total. The lowest BCUT2D eigenvalue weighted by Crippen LogP contribution is -2.55. The first-order chi connectivity index (χ1) is 13.4. The van der Waals surface area contributed by atoms with Gasteiger partial charge in [-0.05, 0) is 31.7 Å². The maximum Gasteiger partial charge on any atom is 0.318 e. The average Bonchev–Trinajstić information content (AvgIpc) is 3.34. The molecule has 1 aromatic heterocycles. The average molecular weight is 409 g/mol. The smallest absolute Gasteiger partial charge is 0.318 e. The predicted octanol–water partition coefficient (Wildman–Crippen LogP) is 1.20. The van der Waals surface area contributed by atoms with Gasteiger partial charge in [0.2, 0.25) is 5.91 Å². The number of methoxy groups -OCH3 is 1. The number of hydrogen-bond acceptors (Lipinski definition) is 6. The molecule has 1 aromatic rings. The van der Waals surface area contributed by atoms with Gasteiger partial charge in [-0.2, -0.15) is 0 Å². The van der Waals surface area contributed by atoms with Gasteiger partial charge < -0.3 is 25.2 Å². The van der Waals surface area contributed by atoms with Crippen molar-refractivity contribution < 1.29 is 19.1 Å². The fraction of sp³-hybridized carbons (Fsp3) is 0.632. The summed E-state index contributed by atoms with van der Waals surface area (Å²) >= 11 is 1.48. The first-order valence-electron chi connectivity index (χ1n) is 9.63. The number of ether oxygens (including phenoxy) is 1. The molecule has 3 rings (SSSR count). The Kier molecular flexibility index (Phi) is 6.56. The van der Waals surface area contributed by atoms with Crippen LogP contribution in [0.15, 0.2) is 17.5 Å². The van der Waals surface area contributed by atoms with Crippen molar-refractivity contribution in [3.8, 4) is 0 Å². The SMILES string of the molecule is COC(=O)C1CC(C(=O)N2CCNCC2)N(C(=O)NC(C)C)C1c1cccs1. The molecule has 0 saturated carbocycles.